The molecule has 0 amide bonds. The summed E-state index contributed by atoms with van der Waals surface area (Å²) >= 11 is 7.39. The lowest BCUT2D eigenvalue weighted by Crippen LogP contribution is -2.36. The first-order valence-corrected chi connectivity index (χ1v) is 10.9. The van der Waals surface area contributed by atoms with E-state index in [1.54, 1.807) is 11.8 Å². The van der Waals surface area contributed by atoms with Crippen LogP contribution in [0.5, 0.6) is 0 Å². The molecule has 0 aromatic heterocycles. The van der Waals surface area contributed by atoms with Crippen LogP contribution in [0.15, 0.2) is 29.2 Å². The van der Waals surface area contributed by atoms with E-state index >= 15 is 0 Å². The smallest absolute Gasteiger partial charge is 0.344 e. The van der Waals surface area contributed by atoms with Gasteiger partial charge in [-0.05, 0) is 54.9 Å². The number of thioether (sulfide) groups is 1. The predicted molar refractivity (Wildman–Crippen MR) is 109 cm³/mol. The van der Waals surface area contributed by atoms with E-state index < -0.39 is 5.97 Å². The zero-order valence-corrected chi connectivity index (χ0v) is 17.9. The van der Waals surface area contributed by atoms with E-state index in [1.807, 2.05) is 24.3 Å². The first-order valence-electron chi connectivity index (χ1n) is 9.58. The molecule has 0 bridgehead atoms. The topological polar surface area (TPSA) is 52.6 Å². The van der Waals surface area contributed by atoms with Gasteiger partial charge in [0.25, 0.3) is 0 Å². The highest BCUT2D eigenvalue weighted by molar-refractivity contribution is 7.99. The maximum atomic E-state index is 12.1. The summed E-state index contributed by atoms with van der Waals surface area (Å²) in [6.07, 6.45) is 3.33. The second-order valence-corrected chi connectivity index (χ2v) is 9.17. The van der Waals surface area contributed by atoms with Crippen LogP contribution in [0.25, 0.3) is 0 Å². The zero-order chi connectivity index (χ0) is 19.8. The van der Waals surface area contributed by atoms with Gasteiger partial charge in [-0.2, -0.15) is 0 Å². The number of hydrogen-bond acceptors (Lipinski definition) is 5. The van der Waals surface area contributed by atoms with Crippen molar-refractivity contribution in [2.75, 3.05) is 12.4 Å². The molecule has 27 heavy (non-hydrogen) atoms. The lowest BCUT2D eigenvalue weighted by molar-refractivity contribution is -0.167. The number of ether oxygens (including phenoxy) is 2. The Balaban J connectivity index is 1.67. The molecule has 3 atom stereocenters. The number of halogens is 1. The average Bonchev–Trinajstić information content (AvgIpc) is 2.61. The summed E-state index contributed by atoms with van der Waals surface area (Å²) < 4.78 is 10.7. The molecule has 1 saturated carbocycles. The van der Waals surface area contributed by atoms with E-state index in [4.69, 9.17) is 21.1 Å². The van der Waals surface area contributed by atoms with Crippen LogP contribution in [-0.2, 0) is 19.1 Å². The van der Waals surface area contributed by atoms with E-state index in [9.17, 15) is 9.59 Å². The van der Waals surface area contributed by atoms with Crippen molar-refractivity contribution in [3.05, 3.63) is 29.3 Å². The number of carbonyl (C=O) groups excluding carboxylic acids is 2. The normalized spacial score (nSPS) is 22.5. The van der Waals surface area contributed by atoms with Crippen LogP contribution in [0.1, 0.15) is 46.5 Å². The lowest BCUT2D eigenvalue weighted by atomic mass is 9.75. The number of rotatable bonds is 8. The Morgan fingerprint density at radius 3 is 2.56 bits per heavy atom. The SMILES string of the molecule is CC(C)[C@H]1CC[C@@H](C)C[C@@H]1OC(=O)COC(=O)CCSc1ccc(Cl)cc1. The molecule has 0 N–H and O–H groups in total. The van der Waals surface area contributed by atoms with Gasteiger partial charge in [-0.1, -0.05) is 38.8 Å². The van der Waals surface area contributed by atoms with Crippen molar-refractivity contribution < 1.29 is 19.1 Å². The first-order chi connectivity index (χ1) is 12.8. The van der Waals surface area contributed by atoms with Crippen LogP contribution in [-0.4, -0.2) is 30.4 Å². The van der Waals surface area contributed by atoms with Crippen molar-refractivity contribution in [1.29, 1.82) is 0 Å². The van der Waals surface area contributed by atoms with Crippen LogP contribution in [0.4, 0.5) is 0 Å². The third kappa shape index (κ3) is 7.74. The van der Waals surface area contributed by atoms with Gasteiger partial charge in [-0.25, -0.2) is 4.79 Å². The standard InChI is InChI=1S/C21H29ClO4S/c1-14(2)18-9-4-15(3)12-19(18)26-21(24)13-25-20(23)10-11-27-17-7-5-16(22)6-8-17/h5-8,14-15,18-19H,4,9-13H2,1-3H3/t15-,18-,19+/m1/s1. The van der Waals surface area contributed by atoms with Crippen LogP contribution in [0, 0.1) is 17.8 Å². The summed E-state index contributed by atoms with van der Waals surface area (Å²) in [5.41, 5.74) is 0. The maximum Gasteiger partial charge on any atom is 0.344 e. The summed E-state index contributed by atoms with van der Waals surface area (Å²) in [7, 11) is 0. The second-order valence-electron chi connectivity index (χ2n) is 7.57. The Morgan fingerprint density at radius 2 is 1.89 bits per heavy atom. The van der Waals surface area contributed by atoms with Crippen molar-refractivity contribution >= 4 is 35.3 Å². The van der Waals surface area contributed by atoms with Crippen molar-refractivity contribution in [3.63, 3.8) is 0 Å². The Morgan fingerprint density at radius 1 is 1.19 bits per heavy atom. The maximum absolute atomic E-state index is 12.1. The van der Waals surface area contributed by atoms with Crippen LogP contribution >= 0.6 is 23.4 Å². The van der Waals surface area contributed by atoms with Crippen molar-refractivity contribution in [2.24, 2.45) is 17.8 Å². The largest absolute Gasteiger partial charge is 0.460 e. The molecule has 1 aliphatic carbocycles. The minimum atomic E-state index is -0.446. The fourth-order valence-corrected chi connectivity index (χ4v) is 4.41. The molecule has 1 aliphatic rings. The molecular formula is C21H29ClO4S. The minimum Gasteiger partial charge on any atom is -0.460 e. The number of esters is 2. The summed E-state index contributed by atoms with van der Waals surface area (Å²) in [4.78, 5) is 25.0. The summed E-state index contributed by atoms with van der Waals surface area (Å²) in [6.45, 7) is 6.22. The quantitative estimate of drug-likeness (QED) is 0.424. The highest BCUT2D eigenvalue weighted by atomic mass is 35.5. The molecule has 0 aliphatic heterocycles. The molecule has 1 aromatic rings. The molecule has 0 heterocycles. The molecular weight excluding hydrogens is 384 g/mol. The number of benzene rings is 1. The molecule has 6 heteroatoms. The van der Waals surface area contributed by atoms with E-state index in [2.05, 4.69) is 20.8 Å². The Bertz CT molecular complexity index is 617. The van der Waals surface area contributed by atoms with Gasteiger partial charge in [0.05, 0.1) is 6.42 Å². The zero-order valence-electron chi connectivity index (χ0n) is 16.3. The molecule has 0 saturated heterocycles. The molecule has 0 unspecified atom stereocenters. The fraction of sp³-hybridized carbons (Fsp3) is 0.619. The first kappa shape index (κ1) is 22.1. The molecule has 0 spiro atoms. The summed E-state index contributed by atoms with van der Waals surface area (Å²) in [5.74, 6) is 1.18. The molecule has 2 rings (SSSR count). The predicted octanol–water partition coefficient (Wildman–Crippen LogP) is 5.37. The van der Waals surface area contributed by atoms with Gasteiger partial charge >= 0.3 is 11.9 Å². The molecule has 1 fully saturated rings. The molecule has 0 radical (unpaired) electrons. The second kappa shape index (κ2) is 11.0. The average molecular weight is 413 g/mol. The monoisotopic (exact) mass is 412 g/mol. The van der Waals surface area contributed by atoms with Gasteiger partial charge in [0.15, 0.2) is 6.61 Å². The Labute approximate surface area is 171 Å². The van der Waals surface area contributed by atoms with Crippen LogP contribution in [0.2, 0.25) is 5.02 Å². The van der Waals surface area contributed by atoms with Crippen LogP contribution < -0.4 is 0 Å². The van der Waals surface area contributed by atoms with Crippen LogP contribution in [0.3, 0.4) is 0 Å². The molecule has 4 nitrogen and oxygen atoms in total. The third-order valence-corrected chi connectivity index (χ3v) is 6.25. The van der Waals surface area contributed by atoms with Gasteiger partial charge in [0.1, 0.15) is 6.10 Å². The number of hydrogen-bond donors (Lipinski definition) is 0. The van der Waals surface area contributed by atoms with Gasteiger partial charge in [-0.3, -0.25) is 4.79 Å². The third-order valence-electron chi connectivity index (χ3n) is 4.98. The highest BCUT2D eigenvalue weighted by Gasteiger charge is 2.33. The Hall–Kier alpha value is -1.20. The number of carbonyl (C=O) groups is 2. The van der Waals surface area contributed by atoms with Gasteiger partial charge < -0.3 is 9.47 Å². The lowest BCUT2D eigenvalue weighted by Gasteiger charge is -2.36. The molecule has 1 aromatic carbocycles. The van der Waals surface area contributed by atoms with E-state index in [0.717, 1.165) is 17.7 Å². The van der Waals surface area contributed by atoms with Gasteiger partial charge in [0.2, 0.25) is 0 Å². The molecule has 150 valence electrons. The van der Waals surface area contributed by atoms with Gasteiger partial charge in [-0.15, -0.1) is 11.8 Å². The summed E-state index contributed by atoms with van der Waals surface area (Å²) in [5, 5.41) is 0.685. The van der Waals surface area contributed by atoms with Crippen molar-refractivity contribution in [2.45, 2.75) is 57.5 Å². The van der Waals surface area contributed by atoms with Crippen molar-refractivity contribution in [1.82, 2.24) is 0 Å². The van der Waals surface area contributed by atoms with E-state index in [-0.39, 0.29) is 25.1 Å². The minimum absolute atomic E-state index is 0.0691. The van der Waals surface area contributed by atoms with Crippen molar-refractivity contribution in [3.8, 4) is 0 Å². The summed E-state index contributed by atoms with van der Waals surface area (Å²) in [6, 6.07) is 7.45. The fourth-order valence-electron chi connectivity index (χ4n) is 3.45. The van der Waals surface area contributed by atoms with E-state index in [1.165, 1.54) is 6.42 Å². The highest BCUT2D eigenvalue weighted by Crippen LogP contribution is 2.35. The van der Waals surface area contributed by atoms with Gasteiger partial charge in [0, 0.05) is 15.7 Å². The van der Waals surface area contributed by atoms with E-state index in [0.29, 0.717) is 28.5 Å². The Kier molecular flexibility index (Phi) is 8.97.